The largest absolute Gasteiger partial charge is 0.379 e. The van der Waals surface area contributed by atoms with E-state index in [0.29, 0.717) is 13.2 Å². The van der Waals surface area contributed by atoms with Crippen LogP contribution in [0.2, 0.25) is 0 Å². The van der Waals surface area contributed by atoms with E-state index in [1.54, 1.807) is 0 Å². The van der Waals surface area contributed by atoms with Crippen molar-refractivity contribution < 1.29 is 17.9 Å². The molecule has 1 aliphatic heterocycles. The molecule has 1 aliphatic rings. The Labute approximate surface area is 96.2 Å². The van der Waals surface area contributed by atoms with E-state index in [1.165, 1.54) is 6.08 Å². The molecule has 1 fully saturated rings. The number of rotatable bonds is 7. The first-order valence-electron chi connectivity index (χ1n) is 5.15. The third-order valence-electron chi connectivity index (χ3n) is 2.14. The molecule has 0 bridgehead atoms. The van der Waals surface area contributed by atoms with E-state index in [9.17, 15) is 8.42 Å². The van der Waals surface area contributed by atoms with Crippen molar-refractivity contribution in [3.63, 3.8) is 0 Å². The first kappa shape index (κ1) is 13.4. The zero-order valence-electron chi connectivity index (χ0n) is 9.15. The summed E-state index contributed by atoms with van der Waals surface area (Å²) in [4.78, 5) is 0. The third kappa shape index (κ3) is 5.44. The summed E-state index contributed by atoms with van der Waals surface area (Å²) in [5.41, 5.74) is 2.49. The van der Waals surface area contributed by atoms with Crippen molar-refractivity contribution in [3.8, 4) is 0 Å². The molecule has 92 valence electrons. The molecule has 5 nitrogen and oxygen atoms in total. The molecule has 0 radical (unpaired) electrons. The van der Waals surface area contributed by atoms with Gasteiger partial charge in [0.15, 0.2) is 0 Å². The molecule has 0 aromatic heterocycles. The Morgan fingerprint density at radius 2 is 2.44 bits per heavy atom. The SMILES string of the molecule is C=C=CCNS(=O)(=O)CCO[C@H]1CCOC1. The number of hydrogen-bond acceptors (Lipinski definition) is 4. The van der Waals surface area contributed by atoms with Crippen molar-refractivity contribution in [2.45, 2.75) is 12.5 Å². The summed E-state index contributed by atoms with van der Waals surface area (Å²) in [6.07, 6.45) is 2.40. The number of nitrogens with one attached hydrogen (secondary N) is 1. The molecular weight excluding hydrogens is 230 g/mol. The average molecular weight is 247 g/mol. The predicted octanol–water partition coefficient (Wildman–Crippen LogP) is 0.0524. The van der Waals surface area contributed by atoms with Crippen LogP contribution in [0, 0.1) is 0 Å². The highest BCUT2D eigenvalue weighted by atomic mass is 32.2. The van der Waals surface area contributed by atoms with Crippen molar-refractivity contribution >= 4 is 10.0 Å². The van der Waals surface area contributed by atoms with E-state index < -0.39 is 10.0 Å². The summed E-state index contributed by atoms with van der Waals surface area (Å²) in [6, 6.07) is 0. The minimum atomic E-state index is -3.26. The second-order valence-electron chi connectivity index (χ2n) is 3.43. The summed E-state index contributed by atoms with van der Waals surface area (Å²) in [6.45, 7) is 5.01. The molecule has 1 N–H and O–H groups in total. The zero-order valence-corrected chi connectivity index (χ0v) is 9.96. The van der Waals surface area contributed by atoms with Crippen LogP contribution < -0.4 is 4.72 Å². The van der Waals surface area contributed by atoms with E-state index in [1.807, 2.05) is 0 Å². The monoisotopic (exact) mass is 247 g/mol. The van der Waals surface area contributed by atoms with Crippen molar-refractivity contribution in [1.29, 1.82) is 0 Å². The molecule has 0 spiro atoms. The first-order valence-corrected chi connectivity index (χ1v) is 6.80. The van der Waals surface area contributed by atoms with E-state index >= 15 is 0 Å². The fraction of sp³-hybridized carbons (Fsp3) is 0.700. The first-order chi connectivity index (χ1) is 7.64. The topological polar surface area (TPSA) is 64.6 Å². The van der Waals surface area contributed by atoms with Gasteiger partial charge in [-0.3, -0.25) is 0 Å². The second-order valence-corrected chi connectivity index (χ2v) is 5.36. The Kier molecular flexibility index (Phi) is 5.73. The second kappa shape index (κ2) is 6.83. The fourth-order valence-electron chi connectivity index (χ4n) is 1.28. The van der Waals surface area contributed by atoms with Crippen molar-refractivity contribution in [2.24, 2.45) is 0 Å². The Bertz CT molecular complexity index is 340. The predicted molar refractivity (Wildman–Crippen MR) is 60.7 cm³/mol. The van der Waals surface area contributed by atoms with E-state index in [2.05, 4.69) is 17.0 Å². The molecule has 1 heterocycles. The van der Waals surface area contributed by atoms with Crippen LogP contribution in [-0.4, -0.2) is 46.6 Å². The molecule has 0 unspecified atom stereocenters. The minimum absolute atomic E-state index is 0.0333. The zero-order chi connectivity index (χ0) is 11.9. The molecule has 0 saturated carbocycles. The Morgan fingerprint density at radius 3 is 3.06 bits per heavy atom. The van der Waals surface area contributed by atoms with Gasteiger partial charge in [0.1, 0.15) is 0 Å². The van der Waals surface area contributed by atoms with Gasteiger partial charge in [-0.2, -0.15) is 0 Å². The molecule has 0 aliphatic carbocycles. The van der Waals surface area contributed by atoms with E-state index in [4.69, 9.17) is 9.47 Å². The molecule has 0 aromatic carbocycles. The molecule has 0 amide bonds. The maximum atomic E-state index is 11.4. The maximum Gasteiger partial charge on any atom is 0.214 e. The van der Waals surface area contributed by atoms with Gasteiger partial charge in [0.05, 0.1) is 25.1 Å². The van der Waals surface area contributed by atoms with E-state index in [-0.39, 0.29) is 25.0 Å². The molecule has 0 aromatic rings. The number of ether oxygens (including phenoxy) is 2. The van der Waals surface area contributed by atoms with Crippen LogP contribution in [0.4, 0.5) is 0 Å². The third-order valence-corrected chi connectivity index (χ3v) is 3.45. The highest BCUT2D eigenvalue weighted by Gasteiger charge is 2.17. The lowest BCUT2D eigenvalue weighted by molar-refractivity contribution is 0.0519. The van der Waals surface area contributed by atoms with Crippen LogP contribution in [0.15, 0.2) is 18.4 Å². The van der Waals surface area contributed by atoms with Crippen LogP contribution in [0.1, 0.15) is 6.42 Å². The molecule has 6 heteroatoms. The summed E-state index contributed by atoms with van der Waals surface area (Å²) in [5, 5.41) is 0. The molecule has 1 rings (SSSR count). The Balaban J connectivity index is 2.16. The van der Waals surface area contributed by atoms with Crippen LogP contribution in [-0.2, 0) is 19.5 Å². The molecule has 1 atom stereocenters. The highest BCUT2D eigenvalue weighted by Crippen LogP contribution is 2.07. The maximum absolute atomic E-state index is 11.4. The minimum Gasteiger partial charge on any atom is -0.379 e. The van der Waals surface area contributed by atoms with Gasteiger partial charge in [-0.15, -0.1) is 5.73 Å². The number of sulfonamides is 1. The van der Waals surface area contributed by atoms with Crippen LogP contribution >= 0.6 is 0 Å². The Hall–Kier alpha value is -0.650. The summed E-state index contributed by atoms with van der Waals surface area (Å²) in [5.74, 6) is -0.0333. The standard InChI is InChI=1S/C10H17NO4S/c1-2-3-5-11-16(12,13)8-7-15-10-4-6-14-9-10/h3,10-11H,1,4-9H2/t10-/m0/s1. The summed E-state index contributed by atoms with van der Waals surface area (Å²) in [7, 11) is -3.26. The molecule has 16 heavy (non-hydrogen) atoms. The van der Waals surface area contributed by atoms with Crippen LogP contribution in [0.5, 0.6) is 0 Å². The van der Waals surface area contributed by atoms with Gasteiger partial charge in [0.2, 0.25) is 10.0 Å². The van der Waals surface area contributed by atoms with Gasteiger partial charge in [0, 0.05) is 13.2 Å². The fourth-order valence-corrected chi connectivity index (χ4v) is 2.08. The van der Waals surface area contributed by atoms with E-state index in [0.717, 1.165) is 6.42 Å². The van der Waals surface area contributed by atoms with Crippen molar-refractivity contribution in [1.82, 2.24) is 4.72 Å². The Morgan fingerprint density at radius 1 is 1.62 bits per heavy atom. The average Bonchev–Trinajstić information content (AvgIpc) is 2.70. The van der Waals surface area contributed by atoms with Crippen LogP contribution in [0.3, 0.4) is 0 Å². The van der Waals surface area contributed by atoms with Crippen LogP contribution in [0.25, 0.3) is 0 Å². The quantitative estimate of drug-likeness (QED) is 0.646. The lowest BCUT2D eigenvalue weighted by Crippen LogP contribution is -2.29. The summed E-state index contributed by atoms with van der Waals surface area (Å²) < 4.78 is 35.6. The van der Waals surface area contributed by atoms with Gasteiger partial charge < -0.3 is 9.47 Å². The van der Waals surface area contributed by atoms with Crippen molar-refractivity contribution in [2.75, 3.05) is 32.1 Å². The van der Waals surface area contributed by atoms with Gasteiger partial charge >= 0.3 is 0 Å². The number of hydrogen-bond donors (Lipinski definition) is 1. The highest BCUT2D eigenvalue weighted by molar-refractivity contribution is 7.89. The lowest BCUT2D eigenvalue weighted by Gasteiger charge is -2.09. The molecular formula is C10H17NO4S. The molecule has 1 saturated heterocycles. The smallest absolute Gasteiger partial charge is 0.214 e. The van der Waals surface area contributed by atoms with Crippen molar-refractivity contribution in [3.05, 3.63) is 18.4 Å². The van der Waals surface area contributed by atoms with Gasteiger partial charge in [-0.05, 0) is 12.5 Å². The van der Waals surface area contributed by atoms with Gasteiger partial charge in [-0.25, -0.2) is 13.1 Å². The normalized spacial score (nSPS) is 20.6. The summed E-state index contributed by atoms with van der Waals surface area (Å²) >= 11 is 0. The lowest BCUT2D eigenvalue weighted by atomic mass is 10.3. The van der Waals surface area contributed by atoms with Gasteiger partial charge in [-0.1, -0.05) is 6.58 Å². The van der Waals surface area contributed by atoms with Gasteiger partial charge in [0.25, 0.3) is 0 Å².